The SMILES string of the molecule is CC.CC(C)c1cnc(-c2ccc(F)cc2)nc1Cl. The smallest absolute Gasteiger partial charge is 0.160 e. The zero-order chi connectivity index (χ0) is 14.4. The summed E-state index contributed by atoms with van der Waals surface area (Å²) in [5.41, 5.74) is 1.67. The first-order valence-corrected chi connectivity index (χ1v) is 6.74. The van der Waals surface area contributed by atoms with Crippen LogP contribution in [0.25, 0.3) is 11.4 Å². The molecule has 1 aromatic carbocycles. The first kappa shape index (κ1) is 15.6. The quantitative estimate of drug-likeness (QED) is 0.717. The highest BCUT2D eigenvalue weighted by molar-refractivity contribution is 6.30. The largest absolute Gasteiger partial charge is 0.236 e. The molecule has 2 rings (SSSR count). The van der Waals surface area contributed by atoms with Gasteiger partial charge in [0.15, 0.2) is 5.82 Å². The Morgan fingerprint density at radius 2 is 1.68 bits per heavy atom. The fraction of sp³-hybridized carbons (Fsp3) is 0.333. The molecule has 0 spiro atoms. The second-order valence-corrected chi connectivity index (χ2v) is 4.46. The highest BCUT2D eigenvalue weighted by Gasteiger charge is 2.09. The first-order valence-electron chi connectivity index (χ1n) is 6.36. The highest BCUT2D eigenvalue weighted by Crippen LogP contribution is 2.24. The monoisotopic (exact) mass is 280 g/mol. The van der Waals surface area contributed by atoms with Crippen molar-refractivity contribution in [2.45, 2.75) is 33.6 Å². The predicted octanol–water partition coefficient (Wildman–Crippen LogP) is 5.09. The Morgan fingerprint density at radius 3 is 2.16 bits per heavy atom. The minimum Gasteiger partial charge on any atom is -0.236 e. The van der Waals surface area contributed by atoms with Gasteiger partial charge < -0.3 is 0 Å². The van der Waals surface area contributed by atoms with Crippen LogP contribution in [0.5, 0.6) is 0 Å². The number of hydrogen-bond acceptors (Lipinski definition) is 2. The molecule has 0 amide bonds. The van der Waals surface area contributed by atoms with Crippen LogP contribution in [0.3, 0.4) is 0 Å². The maximum atomic E-state index is 12.8. The van der Waals surface area contributed by atoms with Gasteiger partial charge >= 0.3 is 0 Å². The summed E-state index contributed by atoms with van der Waals surface area (Å²) in [6, 6.07) is 6.03. The fourth-order valence-corrected chi connectivity index (χ4v) is 1.84. The molecule has 0 saturated carbocycles. The summed E-state index contributed by atoms with van der Waals surface area (Å²) in [6.45, 7) is 8.06. The van der Waals surface area contributed by atoms with Crippen molar-refractivity contribution in [2.75, 3.05) is 0 Å². The molecular formula is C15H18ClFN2. The number of benzene rings is 1. The van der Waals surface area contributed by atoms with Crippen LogP contribution in [-0.4, -0.2) is 9.97 Å². The van der Waals surface area contributed by atoms with Crippen molar-refractivity contribution in [1.82, 2.24) is 9.97 Å². The normalized spacial score (nSPS) is 10.1. The van der Waals surface area contributed by atoms with E-state index in [2.05, 4.69) is 9.97 Å². The maximum absolute atomic E-state index is 12.8. The number of rotatable bonds is 2. The van der Waals surface area contributed by atoms with Gasteiger partial charge in [-0.2, -0.15) is 0 Å². The van der Waals surface area contributed by atoms with Gasteiger partial charge in [-0.15, -0.1) is 0 Å². The van der Waals surface area contributed by atoms with Crippen LogP contribution in [0.15, 0.2) is 30.5 Å². The molecule has 0 radical (unpaired) electrons. The molecule has 102 valence electrons. The molecule has 0 aliphatic rings. The van der Waals surface area contributed by atoms with Gasteiger partial charge in [0.25, 0.3) is 0 Å². The lowest BCUT2D eigenvalue weighted by atomic mass is 10.1. The van der Waals surface area contributed by atoms with E-state index in [9.17, 15) is 4.39 Å². The van der Waals surface area contributed by atoms with Crippen molar-refractivity contribution in [3.05, 3.63) is 47.0 Å². The van der Waals surface area contributed by atoms with Crippen molar-refractivity contribution in [1.29, 1.82) is 0 Å². The highest BCUT2D eigenvalue weighted by atomic mass is 35.5. The standard InChI is InChI=1S/C13H12ClFN2.C2H6/c1-8(2)11-7-16-13(17-12(11)14)9-3-5-10(15)6-4-9;1-2/h3-8H,1-2H3;1-2H3. The zero-order valence-electron chi connectivity index (χ0n) is 11.6. The molecular weight excluding hydrogens is 263 g/mol. The van der Waals surface area contributed by atoms with E-state index in [0.717, 1.165) is 11.1 Å². The fourth-order valence-electron chi connectivity index (χ4n) is 1.50. The molecule has 2 nitrogen and oxygen atoms in total. The van der Waals surface area contributed by atoms with Crippen LogP contribution in [0.4, 0.5) is 4.39 Å². The van der Waals surface area contributed by atoms with Gasteiger partial charge in [-0.05, 0) is 30.2 Å². The van der Waals surface area contributed by atoms with E-state index in [-0.39, 0.29) is 11.7 Å². The van der Waals surface area contributed by atoms with Gasteiger partial charge in [0.1, 0.15) is 11.0 Å². The van der Waals surface area contributed by atoms with E-state index in [1.807, 2.05) is 27.7 Å². The molecule has 0 aliphatic heterocycles. The molecule has 0 bridgehead atoms. The van der Waals surface area contributed by atoms with Gasteiger partial charge in [0, 0.05) is 17.3 Å². The van der Waals surface area contributed by atoms with E-state index >= 15 is 0 Å². The minimum atomic E-state index is -0.279. The Kier molecular flexibility index (Phi) is 5.90. The molecule has 2 aromatic rings. The Labute approximate surface area is 118 Å². The van der Waals surface area contributed by atoms with E-state index < -0.39 is 0 Å². The summed E-state index contributed by atoms with van der Waals surface area (Å²) >= 11 is 6.08. The number of aromatic nitrogens is 2. The molecule has 19 heavy (non-hydrogen) atoms. The third-order valence-corrected chi connectivity index (χ3v) is 2.80. The molecule has 0 N–H and O–H groups in total. The molecule has 1 aromatic heterocycles. The summed E-state index contributed by atoms with van der Waals surface area (Å²) in [4.78, 5) is 8.47. The van der Waals surface area contributed by atoms with Crippen LogP contribution in [0, 0.1) is 5.82 Å². The second-order valence-electron chi connectivity index (χ2n) is 4.10. The number of halogens is 2. The van der Waals surface area contributed by atoms with Gasteiger partial charge in [0.05, 0.1) is 0 Å². The zero-order valence-corrected chi connectivity index (χ0v) is 12.4. The molecule has 0 unspecified atom stereocenters. The maximum Gasteiger partial charge on any atom is 0.160 e. The Bertz CT molecular complexity index is 524. The van der Waals surface area contributed by atoms with E-state index in [4.69, 9.17) is 11.6 Å². The average Bonchev–Trinajstić information content (AvgIpc) is 2.41. The topological polar surface area (TPSA) is 25.8 Å². The lowest BCUT2D eigenvalue weighted by molar-refractivity contribution is 0.628. The summed E-state index contributed by atoms with van der Waals surface area (Å²) in [5, 5.41) is 0.453. The van der Waals surface area contributed by atoms with E-state index in [0.29, 0.717) is 11.0 Å². The molecule has 1 heterocycles. The van der Waals surface area contributed by atoms with Crippen molar-refractivity contribution in [3.8, 4) is 11.4 Å². The third-order valence-electron chi connectivity index (χ3n) is 2.49. The molecule has 0 aliphatic carbocycles. The van der Waals surface area contributed by atoms with Crippen molar-refractivity contribution in [2.24, 2.45) is 0 Å². The van der Waals surface area contributed by atoms with E-state index in [1.165, 1.54) is 12.1 Å². The lowest BCUT2D eigenvalue weighted by Gasteiger charge is -2.08. The molecule has 0 atom stereocenters. The average molecular weight is 281 g/mol. The summed E-state index contributed by atoms with van der Waals surface area (Å²) in [6.07, 6.45) is 1.72. The summed E-state index contributed by atoms with van der Waals surface area (Å²) in [5.74, 6) is 0.516. The summed E-state index contributed by atoms with van der Waals surface area (Å²) < 4.78 is 12.8. The number of hydrogen-bond donors (Lipinski definition) is 0. The molecule has 0 saturated heterocycles. The second kappa shape index (κ2) is 7.19. The van der Waals surface area contributed by atoms with Gasteiger partial charge in [0.2, 0.25) is 0 Å². The minimum absolute atomic E-state index is 0.279. The van der Waals surface area contributed by atoms with E-state index in [1.54, 1.807) is 18.3 Å². The lowest BCUT2D eigenvalue weighted by Crippen LogP contribution is -1.96. The van der Waals surface area contributed by atoms with Crippen molar-refractivity contribution < 1.29 is 4.39 Å². The van der Waals surface area contributed by atoms with Crippen LogP contribution in [-0.2, 0) is 0 Å². The third kappa shape index (κ3) is 4.00. The number of nitrogens with zero attached hydrogens (tertiary/aromatic N) is 2. The molecule has 4 heteroatoms. The van der Waals surface area contributed by atoms with Crippen LogP contribution < -0.4 is 0 Å². The molecule has 0 fully saturated rings. The van der Waals surface area contributed by atoms with Crippen LogP contribution in [0.1, 0.15) is 39.2 Å². The predicted molar refractivity (Wildman–Crippen MR) is 77.9 cm³/mol. The Morgan fingerprint density at radius 1 is 1.11 bits per heavy atom. The van der Waals surface area contributed by atoms with Gasteiger partial charge in [-0.25, -0.2) is 14.4 Å². The van der Waals surface area contributed by atoms with Crippen molar-refractivity contribution in [3.63, 3.8) is 0 Å². The van der Waals surface area contributed by atoms with Gasteiger partial charge in [-0.3, -0.25) is 0 Å². The first-order chi connectivity index (χ1) is 9.08. The summed E-state index contributed by atoms with van der Waals surface area (Å²) in [7, 11) is 0. The van der Waals surface area contributed by atoms with Crippen LogP contribution in [0.2, 0.25) is 5.15 Å². The Balaban J connectivity index is 0.000000861. The van der Waals surface area contributed by atoms with Crippen molar-refractivity contribution >= 4 is 11.6 Å². The van der Waals surface area contributed by atoms with Gasteiger partial charge in [-0.1, -0.05) is 39.3 Å². The Hall–Kier alpha value is -1.48. The van der Waals surface area contributed by atoms with Crippen LogP contribution >= 0.6 is 11.6 Å².